The maximum absolute atomic E-state index is 10.6. The van der Waals surface area contributed by atoms with Crippen molar-refractivity contribution in [2.24, 2.45) is 5.29 Å². The molecule has 0 aromatic heterocycles. The van der Waals surface area contributed by atoms with E-state index >= 15 is 0 Å². The van der Waals surface area contributed by atoms with E-state index in [9.17, 15) is 4.91 Å². The molecule has 0 atom stereocenters. The lowest BCUT2D eigenvalue weighted by Crippen LogP contribution is -2.43. The fourth-order valence-corrected chi connectivity index (χ4v) is 2.44. The first-order valence-electron chi connectivity index (χ1n) is 6.56. The topological polar surface area (TPSA) is 51.1 Å². The van der Waals surface area contributed by atoms with Crippen molar-refractivity contribution < 1.29 is 9.16 Å². The van der Waals surface area contributed by atoms with E-state index in [1.165, 1.54) is 5.01 Å². The monoisotopic (exact) mass is 296 g/mol. The van der Waals surface area contributed by atoms with E-state index in [4.69, 9.17) is 9.16 Å². The highest BCUT2D eigenvalue weighted by molar-refractivity contribution is 6.74. The van der Waals surface area contributed by atoms with E-state index < -0.39 is 8.32 Å². The Balaban J connectivity index is 3.11. The van der Waals surface area contributed by atoms with E-state index in [0.29, 0.717) is 17.2 Å². The van der Waals surface area contributed by atoms with Crippen LogP contribution in [0.15, 0.2) is 23.5 Å². The average molecular weight is 296 g/mol. The average Bonchev–Trinajstić information content (AvgIpc) is 2.36. The second kappa shape index (κ2) is 5.83. The second-order valence-electron chi connectivity index (χ2n) is 6.30. The zero-order valence-corrected chi connectivity index (χ0v) is 14.4. The van der Waals surface area contributed by atoms with E-state index in [0.717, 1.165) is 0 Å². The van der Waals surface area contributed by atoms with Gasteiger partial charge in [-0.25, -0.2) is 5.01 Å². The summed E-state index contributed by atoms with van der Waals surface area (Å²) in [7, 11) is 1.26. The Hall–Kier alpha value is -1.56. The summed E-state index contributed by atoms with van der Waals surface area (Å²) in [5.41, 5.74) is 0.666. The molecule has 0 heterocycles. The van der Waals surface area contributed by atoms with Crippen LogP contribution >= 0.6 is 0 Å². The third kappa shape index (κ3) is 3.50. The number of anilines is 1. The highest BCUT2D eigenvalue weighted by Crippen LogP contribution is 2.40. The number of benzene rings is 1. The third-order valence-electron chi connectivity index (χ3n) is 3.81. The molecule has 0 radical (unpaired) electrons. The molecule has 112 valence electrons. The molecule has 1 rings (SSSR count). The molecule has 0 spiro atoms. The van der Waals surface area contributed by atoms with E-state index in [2.05, 4.69) is 39.2 Å². The molecule has 0 unspecified atom stereocenters. The SMILES string of the molecule is COc1cc(N(C)N=O)ccc1O[Si](C)(C)C(C)(C)C. The van der Waals surface area contributed by atoms with Gasteiger partial charge in [-0.1, -0.05) is 20.8 Å². The van der Waals surface area contributed by atoms with Crippen molar-refractivity contribution in [1.82, 2.24) is 0 Å². The summed E-state index contributed by atoms with van der Waals surface area (Å²) in [5, 5.41) is 4.23. The molecule has 5 nitrogen and oxygen atoms in total. The fraction of sp³-hybridized carbons (Fsp3) is 0.571. The van der Waals surface area contributed by atoms with Crippen molar-refractivity contribution in [2.75, 3.05) is 19.2 Å². The molecule has 0 aliphatic heterocycles. The maximum atomic E-state index is 10.6. The predicted octanol–water partition coefficient (Wildman–Crippen LogP) is 4.20. The standard InChI is InChI=1S/C14H24N2O3Si/c1-14(2,3)20(6,7)19-12-9-8-11(16(4)15-17)10-13(12)18-5/h8-10H,1-7H3. The van der Waals surface area contributed by atoms with Crippen LogP contribution in [-0.2, 0) is 0 Å². The van der Waals surface area contributed by atoms with Crippen molar-refractivity contribution in [3.8, 4) is 11.5 Å². The normalized spacial score (nSPS) is 11.9. The van der Waals surface area contributed by atoms with Gasteiger partial charge in [0.2, 0.25) is 0 Å². The minimum absolute atomic E-state index is 0.109. The first kappa shape index (κ1) is 16.5. The van der Waals surface area contributed by atoms with Crippen LogP contribution in [0.5, 0.6) is 11.5 Å². The molecule has 6 heteroatoms. The van der Waals surface area contributed by atoms with Gasteiger partial charge in [-0.05, 0) is 30.3 Å². The van der Waals surface area contributed by atoms with E-state index in [-0.39, 0.29) is 5.04 Å². The summed E-state index contributed by atoms with van der Waals surface area (Å²) >= 11 is 0. The maximum Gasteiger partial charge on any atom is 0.250 e. The molecule has 0 amide bonds. The van der Waals surface area contributed by atoms with Crippen molar-refractivity contribution in [3.05, 3.63) is 23.1 Å². The summed E-state index contributed by atoms with van der Waals surface area (Å²) in [5.74, 6) is 1.32. The lowest BCUT2D eigenvalue weighted by Gasteiger charge is -2.36. The van der Waals surface area contributed by atoms with Gasteiger partial charge in [0.15, 0.2) is 5.75 Å². The molecule has 0 saturated carbocycles. The number of nitroso groups, excluding NO2 is 1. The predicted molar refractivity (Wildman–Crippen MR) is 85.0 cm³/mol. The molecule has 0 N–H and O–H groups in total. The minimum atomic E-state index is -1.93. The lowest BCUT2D eigenvalue weighted by atomic mass is 10.2. The molecule has 20 heavy (non-hydrogen) atoms. The van der Waals surface area contributed by atoms with E-state index in [1.807, 2.05) is 6.07 Å². The highest BCUT2D eigenvalue weighted by Gasteiger charge is 2.39. The van der Waals surface area contributed by atoms with Crippen LogP contribution in [0.2, 0.25) is 18.1 Å². The zero-order chi connectivity index (χ0) is 15.6. The van der Waals surface area contributed by atoms with Gasteiger partial charge < -0.3 is 9.16 Å². The summed E-state index contributed by atoms with van der Waals surface area (Å²) in [6.07, 6.45) is 0. The van der Waals surface area contributed by atoms with Crippen LogP contribution in [0.3, 0.4) is 0 Å². The second-order valence-corrected chi connectivity index (χ2v) is 11.0. The zero-order valence-electron chi connectivity index (χ0n) is 13.4. The molecule has 0 bridgehead atoms. The van der Waals surface area contributed by atoms with Crippen molar-refractivity contribution in [3.63, 3.8) is 0 Å². The third-order valence-corrected chi connectivity index (χ3v) is 8.16. The van der Waals surface area contributed by atoms with Crippen molar-refractivity contribution >= 4 is 14.0 Å². The van der Waals surface area contributed by atoms with Crippen LogP contribution in [-0.4, -0.2) is 22.5 Å². The number of methoxy groups -OCH3 is 1. The van der Waals surface area contributed by atoms with Crippen molar-refractivity contribution in [2.45, 2.75) is 38.9 Å². The molecule has 0 fully saturated rings. The highest BCUT2D eigenvalue weighted by atomic mass is 28.4. The minimum Gasteiger partial charge on any atom is -0.541 e. The molecular formula is C14H24N2O3Si. The molecule has 1 aromatic carbocycles. The number of hydrogen-bond acceptors (Lipinski definition) is 4. The number of rotatable bonds is 5. The van der Waals surface area contributed by atoms with Gasteiger partial charge in [-0.3, -0.25) is 0 Å². The Kier molecular flexibility index (Phi) is 4.80. The molecule has 0 aliphatic rings. The van der Waals surface area contributed by atoms with Crippen LogP contribution in [0, 0.1) is 4.91 Å². The number of hydrogen-bond donors (Lipinski definition) is 0. The van der Waals surface area contributed by atoms with Gasteiger partial charge in [0.05, 0.1) is 18.1 Å². The Bertz CT molecular complexity index is 484. The van der Waals surface area contributed by atoms with Crippen molar-refractivity contribution in [1.29, 1.82) is 0 Å². The van der Waals surface area contributed by atoms with Crippen LogP contribution in [0.1, 0.15) is 20.8 Å². The first-order valence-corrected chi connectivity index (χ1v) is 9.47. The van der Waals surface area contributed by atoms with Crippen LogP contribution < -0.4 is 14.2 Å². The molecular weight excluding hydrogens is 272 g/mol. The van der Waals surface area contributed by atoms with Gasteiger partial charge in [-0.15, -0.1) is 4.91 Å². The Morgan fingerprint density at radius 3 is 2.25 bits per heavy atom. The Labute approximate surface area is 122 Å². The lowest BCUT2D eigenvalue weighted by molar-refractivity contribution is 0.386. The van der Waals surface area contributed by atoms with Gasteiger partial charge in [0.1, 0.15) is 5.75 Å². The largest absolute Gasteiger partial charge is 0.541 e. The summed E-state index contributed by atoms with van der Waals surface area (Å²) in [6, 6.07) is 5.38. The summed E-state index contributed by atoms with van der Waals surface area (Å²) in [4.78, 5) is 10.6. The first-order chi connectivity index (χ1) is 9.12. The van der Waals surface area contributed by atoms with Gasteiger partial charge in [0, 0.05) is 13.1 Å². The summed E-state index contributed by atoms with van der Waals surface area (Å²) in [6.45, 7) is 10.9. The van der Waals surface area contributed by atoms with Gasteiger partial charge >= 0.3 is 0 Å². The molecule has 0 saturated heterocycles. The number of ether oxygens (including phenoxy) is 1. The van der Waals surface area contributed by atoms with Gasteiger partial charge in [0.25, 0.3) is 8.32 Å². The number of nitrogens with zero attached hydrogens (tertiary/aromatic N) is 2. The quantitative estimate of drug-likeness (QED) is 0.464. The molecule has 0 aliphatic carbocycles. The van der Waals surface area contributed by atoms with Gasteiger partial charge in [-0.2, -0.15) is 0 Å². The molecule has 1 aromatic rings. The van der Waals surface area contributed by atoms with Crippen LogP contribution in [0.4, 0.5) is 5.69 Å². The van der Waals surface area contributed by atoms with Crippen LogP contribution in [0.25, 0.3) is 0 Å². The smallest absolute Gasteiger partial charge is 0.250 e. The summed E-state index contributed by atoms with van der Waals surface area (Å²) < 4.78 is 11.6. The Morgan fingerprint density at radius 2 is 1.80 bits per heavy atom. The van der Waals surface area contributed by atoms with E-state index in [1.54, 1.807) is 26.3 Å². The Morgan fingerprint density at radius 1 is 1.20 bits per heavy atom. The fourth-order valence-electron chi connectivity index (χ4n) is 1.42.